The molecule has 1 aliphatic carbocycles. The van der Waals surface area contributed by atoms with E-state index >= 15 is 0 Å². The van der Waals surface area contributed by atoms with Gasteiger partial charge in [-0.1, -0.05) is 54.8 Å². The van der Waals surface area contributed by atoms with Crippen molar-refractivity contribution in [2.45, 2.75) is 39.7 Å². The molecule has 0 amide bonds. The Balaban J connectivity index is 1.89. The van der Waals surface area contributed by atoms with E-state index in [2.05, 4.69) is 74.4 Å². The molecule has 0 unspecified atom stereocenters. The molecule has 1 saturated carbocycles. The van der Waals surface area contributed by atoms with Crippen LogP contribution in [0.5, 0.6) is 0 Å². The van der Waals surface area contributed by atoms with Crippen LogP contribution in [0.2, 0.25) is 0 Å². The molecule has 22 heavy (non-hydrogen) atoms. The van der Waals surface area contributed by atoms with E-state index in [1.807, 2.05) is 12.1 Å². The molecule has 2 rings (SSSR count). The highest BCUT2D eigenvalue weighted by Gasteiger charge is 2.28. The summed E-state index contributed by atoms with van der Waals surface area (Å²) in [6.07, 6.45) is 6.79. The van der Waals surface area contributed by atoms with E-state index in [9.17, 15) is 0 Å². The highest BCUT2D eigenvalue weighted by molar-refractivity contribution is 5.64. The van der Waals surface area contributed by atoms with Gasteiger partial charge in [-0.15, -0.1) is 0 Å². The van der Waals surface area contributed by atoms with Crippen molar-refractivity contribution in [1.29, 1.82) is 0 Å². The predicted octanol–water partition coefficient (Wildman–Crippen LogP) is 4.77. The maximum Gasteiger partial charge on any atom is 0.0240 e. The standard InChI is InChI=1S/C21H27N/c1-18(19-11-7-5-8-12-19)17-22(20-13-14-20)16-10-6-9-15-21(2,3)4/h5-8,10-12,20H,1,13-14,16-17H2,2-4H3/b10-6+. The first-order valence-corrected chi connectivity index (χ1v) is 8.11. The van der Waals surface area contributed by atoms with E-state index in [-0.39, 0.29) is 5.41 Å². The maximum absolute atomic E-state index is 4.26. The minimum Gasteiger partial charge on any atom is -0.292 e. The van der Waals surface area contributed by atoms with Gasteiger partial charge in [0.2, 0.25) is 0 Å². The van der Waals surface area contributed by atoms with Crippen molar-refractivity contribution in [2.24, 2.45) is 5.41 Å². The van der Waals surface area contributed by atoms with E-state index < -0.39 is 0 Å². The average molecular weight is 293 g/mol. The van der Waals surface area contributed by atoms with Gasteiger partial charge >= 0.3 is 0 Å². The molecule has 0 aromatic heterocycles. The molecule has 116 valence electrons. The fraction of sp³-hybridized carbons (Fsp3) is 0.429. The number of hydrogen-bond acceptors (Lipinski definition) is 1. The van der Waals surface area contributed by atoms with Crippen molar-refractivity contribution >= 4 is 5.57 Å². The van der Waals surface area contributed by atoms with Gasteiger partial charge in [0.15, 0.2) is 0 Å². The van der Waals surface area contributed by atoms with Gasteiger partial charge in [-0.3, -0.25) is 4.90 Å². The summed E-state index contributed by atoms with van der Waals surface area (Å²) in [7, 11) is 0. The predicted molar refractivity (Wildman–Crippen MR) is 96.4 cm³/mol. The summed E-state index contributed by atoms with van der Waals surface area (Å²) in [5.74, 6) is 6.38. The SMILES string of the molecule is C=C(CN(C/C=C/C#CC(C)(C)C)C1CC1)c1ccccc1. The molecule has 1 nitrogen and oxygen atoms in total. The largest absolute Gasteiger partial charge is 0.292 e. The number of benzene rings is 1. The Morgan fingerprint density at radius 1 is 1.27 bits per heavy atom. The van der Waals surface area contributed by atoms with Gasteiger partial charge in [0.1, 0.15) is 0 Å². The first-order chi connectivity index (χ1) is 10.5. The second-order valence-electron chi connectivity index (χ2n) is 7.05. The van der Waals surface area contributed by atoms with E-state index in [0.29, 0.717) is 0 Å². The van der Waals surface area contributed by atoms with E-state index in [4.69, 9.17) is 0 Å². The number of nitrogens with zero attached hydrogens (tertiary/aromatic N) is 1. The van der Waals surface area contributed by atoms with Gasteiger partial charge in [0.05, 0.1) is 0 Å². The van der Waals surface area contributed by atoms with Gasteiger partial charge in [-0.2, -0.15) is 0 Å². The van der Waals surface area contributed by atoms with Crippen LogP contribution in [0.3, 0.4) is 0 Å². The van der Waals surface area contributed by atoms with Crippen molar-refractivity contribution in [2.75, 3.05) is 13.1 Å². The fourth-order valence-corrected chi connectivity index (χ4v) is 2.30. The lowest BCUT2D eigenvalue weighted by molar-refractivity contribution is 0.329. The molecule has 1 heteroatoms. The van der Waals surface area contributed by atoms with Gasteiger partial charge < -0.3 is 0 Å². The third kappa shape index (κ3) is 5.92. The van der Waals surface area contributed by atoms with Crippen molar-refractivity contribution in [3.05, 3.63) is 54.6 Å². The van der Waals surface area contributed by atoms with Crippen molar-refractivity contribution < 1.29 is 0 Å². The molecule has 1 aromatic rings. The Bertz CT molecular complexity index is 574. The normalized spacial score (nSPS) is 14.9. The molecular weight excluding hydrogens is 266 g/mol. The minimum atomic E-state index is 0.0715. The van der Waals surface area contributed by atoms with Gasteiger partial charge in [0.25, 0.3) is 0 Å². The molecular formula is C21H27N. The number of hydrogen-bond donors (Lipinski definition) is 0. The summed E-state index contributed by atoms with van der Waals surface area (Å²) < 4.78 is 0. The molecule has 0 radical (unpaired) electrons. The summed E-state index contributed by atoms with van der Waals surface area (Å²) >= 11 is 0. The molecule has 0 atom stereocenters. The molecule has 0 aliphatic heterocycles. The highest BCUT2D eigenvalue weighted by atomic mass is 15.2. The van der Waals surface area contributed by atoms with E-state index in [0.717, 1.165) is 19.1 Å². The van der Waals surface area contributed by atoms with Gasteiger partial charge in [-0.25, -0.2) is 0 Å². The summed E-state index contributed by atoms with van der Waals surface area (Å²) in [6, 6.07) is 11.2. The van der Waals surface area contributed by atoms with E-state index in [1.165, 1.54) is 24.0 Å². The lowest BCUT2D eigenvalue weighted by Gasteiger charge is -2.21. The molecule has 0 saturated heterocycles. The first-order valence-electron chi connectivity index (χ1n) is 8.11. The Kier molecular flexibility index (Phi) is 5.63. The topological polar surface area (TPSA) is 3.24 Å². The summed E-state index contributed by atoms with van der Waals surface area (Å²) in [4.78, 5) is 2.50. The molecule has 0 heterocycles. The lowest BCUT2D eigenvalue weighted by Crippen LogP contribution is -2.27. The van der Waals surface area contributed by atoms with Crippen LogP contribution < -0.4 is 0 Å². The van der Waals surface area contributed by atoms with Crippen LogP contribution in [0, 0.1) is 17.3 Å². The minimum absolute atomic E-state index is 0.0715. The third-order valence-electron chi connectivity index (χ3n) is 3.63. The van der Waals surface area contributed by atoms with Crippen molar-refractivity contribution in [3.8, 4) is 11.8 Å². The summed E-state index contributed by atoms with van der Waals surface area (Å²) in [5, 5.41) is 0. The smallest absolute Gasteiger partial charge is 0.0240 e. The molecule has 1 aromatic carbocycles. The quantitative estimate of drug-likeness (QED) is 0.683. The Morgan fingerprint density at radius 3 is 2.55 bits per heavy atom. The number of allylic oxidation sites excluding steroid dienone is 1. The third-order valence-corrected chi connectivity index (χ3v) is 3.63. The molecule has 0 N–H and O–H groups in total. The molecule has 1 fully saturated rings. The Hall–Kier alpha value is -1.78. The monoisotopic (exact) mass is 293 g/mol. The summed E-state index contributed by atoms with van der Waals surface area (Å²) in [6.45, 7) is 12.5. The second-order valence-corrected chi connectivity index (χ2v) is 7.05. The zero-order valence-corrected chi connectivity index (χ0v) is 14.1. The van der Waals surface area contributed by atoms with Crippen molar-refractivity contribution in [1.82, 2.24) is 4.90 Å². The van der Waals surface area contributed by atoms with Crippen LogP contribution in [-0.4, -0.2) is 24.0 Å². The van der Waals surface area contributed by atoms with Crippen LogP contribution in [-0.2, 0) is 0 Å². The zero-order valence-electron chi connectivity index (χ0n) is 14.1. The first kappa shape index (κ1) is 16.6. The fourth-order valence-electron chi connectivity index (χ4n) is 2.30. The van der Waals surface area contributed by atoms with Gasteiger partial charge in [0, 0.05) is 24.5 Å². The second kappa shape index (κ2) is 7.47. The van der Waals surface area contributed by atoms with E-state index in [1.54, 1.807) is 0 Å². The van der Waals surface area contributed by atoms with Crippen LogP contribution >= 0.6 is 0 Å². The molecule has 0 spiro atoms. The highest BCUT2D eigenvalue weighted by Crippen LogP contribution is 2.28. The lowest BCUT2D eigenvalue weighted by atomic mass is 9.98. The Labute approximate surface area is 135 Å². The average Bonchev–Trinajstić information content (AvgIpc) is 3.30. The molecule has 1 aliphatic rings. The van der Waals surface area contributed by atoms with Gasteiger partial charge in [-0.05, 0) is 50.8 Å². The van der Waals surface area contributed by atoms with Crippen LogP contribution in [0.25, 0.3) is 5.57 Å². The molecule has 0 bridgehead atoms. The van der Waals surface area contributed by atoms with Crippen molar-refractivity contribution in [3.63, 3.8) is 0 Å². The van der Waals surface area contributed by atoms with Crippen LogP contribution in [0.4, 0.5) is 0 Å². The summed E-state index contributed by atoms with van der Waals surface area (Å²) in [5.41, 5.74) is 2.51. The maximum atomic E-state index is 4.26. The Morgan fingerprint density at radius 2 is 1.95 bits per heavy atom. The van der Waals surface area contributed by atoms with Crippen LogP contribution in [0.15, 0.2) is 49.1 Å². The number of rotatable bonds is 6. The van der Waals surface area contributed by atoms with Crippen LogP contribution in [0.1, 0.15) is 39.2 Å². The zero-order chi connectivity index (χ0) is 16.0.